The number of anilines is 1. The van der Waals surface area contributed by atoms with Crippen molar-refractivity contribution in [1.29, 1.82) is 0 Å². The molecule has 1 aliphatic carbocycles. The number of aromatic nitrogens is 2. The van der Waals surface area contributed by atoms with Gasteiger partial charge in [-0.05, 0) is 37.8 Å². The second-order valence-electron chi connectivity index (χ2n) is 7.02. The Labute approximate surface area is 167 Å². The van der Waals surface area contributed by atoms with Crippen molar-refractivity contribution in [3.63, 3.8) is 0 Å². The van der Waals surface area contributed by atoms with Crippen molar-refractivity contribution < 1.29 is 9.13 Å². The maximum atomic E-state index is 12.2. The highest BCUT2D eigenvalue weighted by Gasteiger charge is 2.26. The van der Waals surface area contributed by atoms with Crippen LogP contribution >= 0.6 is 0 Å². The van der Waals surface area contributed by atoms with Crippen LogP contribution in [0.25, 0.3) is 11.4 Å². The van der Waals surface area contributed by atoms with E-state index in [-0.39, 0.29) is 17.0 Å². The Morgan fingerprint density at radius 1 is 1.21 bits per heavy atom. The van der Waals surface area contributed by atoms with Crippen molar-refractivity contribution in [3.8, 4) is 11.4 Å². The molecule has 28 heavy (non-hydrogen) atoms. The predicted octanol–water partition coefficient (Wildman–Crippen LogP) is 4.11. The number of nitro groups is 1. The molecule has 0 amide bonds. The molecule has 1 aromatic heterocycles. The van der Waals surface area contributed by atoms with E-state index in [1.165, 1.54) is 12.1 Å². The Bertz CT molecular complexity index is 857. The molecule has 0 spiro atoms. The molecule has 2 aromatic rings. The van der Waals surface area contributed by atoms with Gasteiger partial charge in [-0.2, -0.15) is 0 Å². The maximum Gasteiger partial charge on any atom is 0.269 e. The zero-order valence-corrected chi connectivity index (χ0v) is 17.1. The summed E-state index contributed by atoms with van der Waals surface area (Å²) in [6, 6.07) is 8.50. The van der Waals surface area contributed by atoms with E-state index >= 15 is 0 Å². The second-order valence-corrected chi connectivity index (χ2v) is 9.03. The van der Waals surface area contributed by atoms with Crippen molar-refractivity contribution in [1.82, 2.24) is 9.97 Å². The minimum absolute atomic E-state index is 0.0471. The van der Waals surface area contributed by atoms with Crippen LogP contribution in [-0.4, -0.2) is 36.1 Å². The highest BCUT2D eigenvalue weighted by atomic mass is 32.2. The van der Waals surface area contributed by atoms with Crippen LogP contribution in [0.2, 0.25) is 0 Å². The summed E-state index contributed by atoms with van der Waals surface area (Å²) in [6.45, 7) is 4.01. The molecule has 0 bridgehead atoms. The largest absolute Gasteiger partial charge is 0.367 e. The monoisotopic (exact) mass is 402 g/mol. The molecule has 0 saturated heterocycles. The zero-order valence-electron chi connectivity index (χ0n) is 16.3. The Kier molecular flexibility index (Phi) is 6.72. The van der Waals surface area contributed by atoms with E-state index in [0.29, 0.717) is 11.6 Å². The van der Waals surface area contributed by atoms with Crippen molar-refractivity contribution in [3.05, 3.63) is 46.1 Å². The lowest BCUT2D eigenvalue weighted by Crippen LogP contribution is -2.33. The maximum absolute atomic E-state index is 12.2. The molecule has 3 unspecified atom stereocenters. The van der Waals surface area contributed by atoms with Crippen LogP contribution in [0.3, 0.4) is 0 Å². The van der Waals surface area contributed by atoms with Gasteiger partial charge in [0.2, 0.25) is 0 Å². The summed E-state index contributed by atoms with van der Waals surface area (Å²) in [7, 11) is -0.766. The molecule has 1 heterocycles. The summed E-state index contributed by atoms with van der Waals surface area (Å²) >= 11 is 0. The van der Waals surface area contributed by atoms with E-state index in [1.54, 1.807) is 12.1 Å². The van der Waals surface area contributed by atoms with Gasteiger partial charge < -0.3 is 5.32 Å². The summed E-state index contributed by atoms with van der Waals surface area (Å²) in [6.07, 6.45) is 4.78. The van der Waals surface area contributed by atoms with Gasteiger partial charge in [-0.3, -0.25) is 14.3 Å². The van der Waals surface area contributed by atoms with E-state index in [4.69, 9.17) is 0 Å². The number of nitrogens with one attached hydrogen (secondary N) is 1. The minimum Gasteiger partial charge on any atom is -0.367 e. The second kappa shape index (κ2) is 9.23. The summed E-state index contributed by atoms with van der Waals surface area (Å²) < 4.78 is 12.2. The van der Waals surface area contributed by atoms with Crippen LogP contribution in [-0.2, 0) is 17.2 Å². The fraction of sp³-hybridized carbons (Fsp3) is 0.500. The molecular formula is C20H26N4O3S. The van der Waals surface area contributed by atoms with E-state index in [9.17, 15) is 14.3 Å². The van der Waals surface area contributed by atoms with E-state index < -0.39 is 15.7 Å². The highest BCUT2D eigenvalue weighted by molar-refractivity contribution is 7.85. The van der Waals surface area contributed by atoms with Crippen molar-refractivity contribution in [2.24, 2.45) is 0 Å². The van der Waals surface area contributed by atoms with Gasteiger partial charge in [0.1, 0.15) is 5.82 Å². The lowest BCUT2D eigenvalue weighted by molar-refractivity contribution is -0.384. The average Bonchev–Trinajstić information content (AvgIpc) is 2.73. The first kappa shape index (κ1) is 20.4. The first-order chi connectivity index (χ1) is 13.5. The Morgan fingerprint density at radius 3 is 2.61 bits per heavy atom. The smallest absolute Gasteiger partial charge is 0.269 e. The van der Waals surface area contributed by atoms with Gasteiger partial charge in [-0.1, -0.05) is 20.3 Å². The van der Waals surface area contributed by atoms with Gasteiger partial charge in [-0.15, -0.1) is 0 Å². The first-order valence-corrected chi connectivity index (χ1v) is 11.1. The molecule has 150 valence electrons. The fourth-order valence-corrected chi connectivity index (χ4v) is 4.92. The quantitative estimate of drug-likeness (QED) is 0.553. The topological polar surface area (TPSA) is 98.0 Å². The fourth-order valence-electron chi connectivity index (χ4n) is 3.57. The average molecular weight is 403 g/mol. The number of hydrogen-bond acceptors (Lipinski definition) is 6. The SMILES string of the molecule is CCc1cc(NC2CCCC(S(=O)CC)C2)nc(-c2ccc([N+](=O)[O-])cc2)n1. The molecule has 7 nitrogen and oxygen atoms in total. The van der Waals surface area contributed by atoms with E-state index in [1.807, 2.05) is 19.9 Å². The van der Waals surface area contributed by atoms with Crippen molar-refractivity contribution in [2.75, 3.05) is 11.1 Å². The molecule has 1 aliphatic rings. The molecule has 0 aliphatic heterocycles. The number of hydrogen-bond donors (Lipinski definition) is 1. The van der Waals surface area contributed by atoms with Crippen molar-refractivity contribution >= 4 is 22.3 Å². The van der Waals surface area contributed by atoms with Gasteiger partial charge in [-0.25, -0.2) is 9.97 Å². The third kappa shape index (κ3) is 4.92. The number of nitrogens with zero attached hydrogens (tertiary/aromatic N) is 3. The predicted molar refractivity (Wildman–Crippen MR) is 112 cm³/mol. The first-order valence-electron chi connectivity index (χ1n) is 9.76. The lowest BCUT2D eigenvalue weighted by atomic mass is 9.95. The Hall–Kier alpha value is -2.35. The molecule has 8 heteroatoms. The molecule has 1 fully saturated rings. The number of nitro benzene ring substituents is 1. The Balaban J connectivity index is 1.81. The molecule has 3 rings (SSSR count). The summed E-state index contributed by atoms with van der Waals surface area (Å²) in [5.74, 6) is 2.02. The molecule has 1 saturated carbocycles. The van der Waals surface area contributed by atoms with Crippen LogP contribution in [0.4, 0.5) is 11.5 Å². The van der Waals surface area contributed by atoms with Crippen LogP contribution in [0.15, 0.2) is 30.3 Å². The van der Waals surface area contributed by atoms with Crippen LogP contribution in [0, 0.1) is 10.1 Å². The lowest BCUT2D eigenvalue weighted by Gasteiger charge is -2.29. The number of benzene rings is 1. The Morgan fingerprint density at radius 2 is 1.96 bits per heavy atom. The van der Waals surface area contributed by atoms with Gasteiger partial charge in [0.05, 0.1) is 4.92 Å². The van der Waals surface area contributed by atoms with Gasteiger partial charge >= 0.3 is 0 Å². The summed E-state index contributed by atoms with van der Waals surface area (Å²) in [5, 5.41) is 14.6. The molecule has 1 aromatic carbocycles. The summed E-state index contributed by atoms with van der Waals surface area (Å²) in [4.78, 5) is 19.7. The van der Waals surface area contributed by atoms with E-state index in [0.717, 1.165) is 49.2 Å². The minimum atomic E-state index is -0.766. The normalized spacial score (nSPS) is 20.5. The van der Waals surface area contributed by atoms with Gasteiger partial charge in [0, 0.05) is 57.3 Å². The van der Waals surface area contributed by atoms with Gasteiger partial charge in [0.15, 0.2) is 5.82 Å². The number of rotatable bonds is 7. The standard InChI is InChI=1S/C20H26N4O3S/c1-3-15-13-19(21-16-6-5-7-18(12-16)28(27)4-2)23-20(22-15)14-8-10-17(11-9-14)24(25)26/h8-11,13,16,18H,3-7,12H2,1-2H3,(H,21,22,23). The molecule has 3 atom stereocenters. The number of aryl methyl sites for hydroxylation is 1. The van der Waals surface area contributed by atoms with Gasteiger partial charge in [0.25, 0.3) is 5.69 Å². The third-order valence-electron chi connectivity index (χ3n) is 5.11. The third-order valence-corrected chi connectivity index (χ3v) is 6.85. The molecule has 0 radical (unpaired) electrons. The molecular weight excluding hydrogens is 376 g/mol. The van der Waals surface area contributed by atoms with Crippen molar-refractivity contribution in [2.45, 2.75) is 57.2 Å². The van der Waals surface area contributed by atoms with Crippen LogP contribution < -0.4 is 5.32 Å². The number of non-ortho nitro benzene ring substituents is 1. The molecule has 1 N–H and O–H groups in total. The van der Waals surface area contributed by atoms with E-state index in [2.05, 4.69) is 15.3 Å². The zero-order chi connectivity index (χ0) is 20.1. The highest BCUT2D eigenvalue weighted by Crippen LogP contribution is 2.27. The van der Waals surface area contributed by atoms with Crippen LogP contribution in [0.5, 0.6) is 0 Å². The van der Waals surface area contributed by atoms with Crippen LogP contribution in [0.1, 0.15) is 45.2 Å². The summed E-state index contributed by atoms with van der Waals surface area (Å²) in [5.41, 5.74) is 1.71.